The highest BCUT2D eigenvalue weighted by Crippen LogP contribution is 2.34. The zero-order chi connectivity index (χ0) is 25.9. The Labute approximate surface area is 217 Å². The maximum absolute atomic E-state index is 13.7. The van der Waals surface area contributed by atoms with E-state index in [0.29, 0.717) is 48.4 Å². The Morgan fingerprint density at radius 3 is 2.78 bits per heavy atom. The zero-order valence-electron chi connectivity index (χ0n) is 20.9. The Kier molecular flexibility index (Phi) is 8.41. The van der Waals surface area contributed by atoms with E-state index < -0.39 is 15.6 Å². The van der Waals surface area contributed by atoms with Gasteiger partial charge < -0.3 is 19.9 Å². The predicted molar refractivity (Wildman–Crippen MR) is 139 cm³/mol. The fourth-order valence-electron chi connectivity index (χ4n) is 5.52. The van der Waals surface area contributed by atoms with Crippen LogP contribution in [0.5, 0.6) is 0 Å². The highest BCUT2D eigenvalue weighted by molar-refractivity contribution is 7.89. The number of fused-ring (bicyclic) bond motifs is 2. The Bertz CT molecular complexity index is 1220. The lowest BCUT2D eigenvalue weighted by Crippen LogP contribution is -2.68. The molecule has 0 radical (unpaired) electrons. The summed E-state index contributed by atoms with van der Waals surface area (Å²) in [5.41, 5.74) is -0.239. The summed E-state index contributed by atoms with van der Waals surface area (Å²) in [5, 5.41) is 4.70. The van der Waals surface area contributed by atoms with Crippen LogP contribution in [-0.2, 0) is 24.3 Å². The molecule has 2 aromatic rings. The largest absolute Gasteiger partial charge is 0.383 e. The summed E-state index contributed by atoms with van der Waals surface area (Å²) in [6.45, 7) is 3.57. The van der Waals surface area contributed by atoms with Crippen molar-refractivity contribution >= 4 is 44.2 Å². The highest BCUT2D eigenvalue weighted by Gasteiger charge is 2.50. The first-order chi connectivity index (χ1) is 17.2. The van der Waals surface area contributed by atoms with Crippen molar-refractivity contribution in [2.45, 2.75) is 49.6 Å². The summed E-state index contributed by atoms with van der Waals surface area (Å²) in [7, 11) is -2.44. The minimum atomic E-state index is -4.00. The van der Waals surface area contributed by atoms with Gasteiger partial charge in [-0.25, -0.2) is 8.42 Å². The molecule has 1 aromatic heterocycles. The number of ketones is 1. The number of hydrogen-bond donors (Lipinski definition) is 2. The normalized spacial score (nSPS) is 24.9. The second-order valence-electron chi connectivity index (χ2n) is 9.76. The molecule has 11 heteroatoms. The van der Waals surface area contributed by atoms with E-state index in [0.717, 1.165) is 19.3 Å². The molecule has 2 aliphatic rings. The summed E-state index contributed by atoms with van der Waals surface area (Å²) >= 11 is 6.08. The number of aromatic amines is 1. The van der Waals surface area contributed by atoms with Crippen LogP contribution in [0.3, 0.4) is 0 Å². The Morgan fingerprint density at radius 1 is 1.22 bits per heavy atom. The van der Waals surface area contributed by atoms with Gasteiger partial charge in [0.25, 0.3) is 10.0 Å². The first kappa shape index (κ1) is 27.1. The smallest absolute Gasteiger partial charge is 0.259 e. The molecule has 198 valence electrons. The minimum Gasteiger partial charge on any atom is -0.383 e. The number of hydrogen-bond acceptors (Lipinski definition) is 6. The van der Waals surface area contributed by atoms with Gasteiger partial charge in [-0.15, -0.1) is 0 Å². The lowest BCUT2D eigenvalue weighted by molar-refractivity contribution is -0.133. The number of halogens is 1. The van der Waals surface area contributed by atoms with Crippen LogP contribution in [0.4, 0.5) is 0 Å². The minimum absolute atomic E-state index is 0.0231. The van der Waals surface area contributed by atoms with Gasteiger partial charge in [-0.3, -0.25) is 9.59 Å². The van der Waals surface area contributed by atoms with E-state index in [1.54, 1.807) is 31.4 Å². The number of methoxy groups -OCH3 is 1. The van der Waals surface area contributed by atoms with Gasteiger partial charge in [0.05, 0.1) is 18.7 Å². The quantitative estimate of drug-likeness (QED) is 0.605. The Hall–Kier alpha value is -1.98. The number of carbonyl (C=O) groups is 2. The molecular weight excluding hydrogens is 504 g/mol. The second-order valence-corrected chi connectivity index (χ2v) is 12.1. The number of ether oxygens (including phenoxy) is 1. The molecular formula is C25H35ClN4O5S. The summed E-state index contributed by atoms with van der Waals surface area (Å²) in [5.74, 6) is -0.399. The average molecular weight is 539 g/mol. The zero-order valence-corrected chi connectivity index (χ0v) is 22.5. The van der Waals surface area contributed by atoms with E-state index in [2.05, 4.69) is 10.3 Å². The van der Waals surface area contributed by atoms with Crippen molar-refractivity contribution in [2.24, 2.45) is 5.92 Å². The van der Waals surface area contributed by atoms with Crippen molar-refractivity contribution < 1.29 is 22.7 Å². The van der Waals surface area contributed by atoms with Crippen molar-refractivity contribution in [1.82, 2.24) is 19.5 Å². The number of piperidine rings is 1. The highest BCUT2D eigenvalue weighted by atomic mass is 35.5. The van der Waals surface area contributed by atoms with Gasteiger partial charge in [0, 0.05) is 61.6 Å². The number of H-pyrrole nitrogens is 1. The van der Waals surface area contributed by atoms with Gasteiger partial charge in [0.1, 0.15) is 5.03 Å². The number of aromatic nitrogens is 1. The molecule has 4 rings (SSSR count). The molecule has 0 aliphatic carbocycles. The molecule has 2 saturated heterocycles. The SMILES string of the molecule is CCC(=O)N1CCCCCC2C(=O)CN(S(=O)(=O)c3cc4cc(Cl)ccc4[nH]3)CC2(COC)NCC1. The van der Waals surface area contributed by atoms with Crippen molar-refractivity contribution in [2.75, 3.05) is 46.4 Å². The molecule has 1 aromatic carbocycles. The van der Waals surface area contributed by atoms with E-state index in [-0.39, 0.29) is 42.3 Å². The number of amides is 1. The molecule has 36 heavy (non-hydrogen) atoms. The van der Waals surface area contributed by atoms with Gasteiger partial charge in [-0.2, -0.15) is 4.31 Å². The van der Waals surface area contributed by atoms with Crippen LogP contribution < -0.4 is 5.32 Å². The maximum Gasteiger partial charge on any atom is 0.259 e. The molecule has 1 amide bonds. The van der Waals surface area contributed by atoms with Crippen LogP contribution in [0.1, 0.15) is 39.0 Å². The fourth-order valence-corrected chi connectivity index (χ4v) is 7.19. The number of rotatable bonds is 5. The first-order valence-electron chi connectivity index (χ1n) is 12.5. The third kappa shape index (κ3) is 5.47. The number of nitrogens with zero attached hydrogens (tertiary/aromatic N) is 2. The molecule has 2 unspecified atom stereocenters. The molecule has 2 atom stereocenters. The molecule has 2 fully saturated rings. The third-order valence-electron chi connectivity index (χ3n) is 7.36. The van der Waals surface area contributed by atoms with E-state index in [9.17, 15) is 18.0 Å². The van der Waals surface area contributed by atoms with Crippen LogP contribution in [0, 0.1) is 5.92 Å². The third-order valence-corrected chi connectivity index (χ3v) is 9.31. The summed E-state index contributed by atoms with van der Waals surface area (Å²) in [6.07, 6.45) is 3.70. The van der Waals surface area contributed by atoms with Gasteiger partial charge in [-0.1, -0.05) is 31.4 Å². The van der Waals surface area contributed by atoms with Crippen LogP contribution in [0.25, 0.3) is 10.9 Å². The Morgan fingerprint density at radius 2 is 2.03 bits per heavy atom. The molecule has 9 nitrogen and oxygen atoms in total. The topological polar surface area (TPSA) is 112 Å². The predicted octanol–water partition coefficient (Wildman–Crippen LogP) is 2.80. The second kappa shape index (κ2) is 11.2. The number of nitrogens with one attached hydrogen (secondary N) is 2. The molecule has 0 bridgehead atoms. The molecule has 0 saturated carbocycles. The van der Waals surface area contributed by atoms with Gasteiger partial charge in [0.15, 0.2) is 5.78 Å². The van der Waals surface area contributed by atoms with Crippen LogP contribution in [-0.4, -0.2) is 86.3 Å². The standard InChI is InChI=1S/C25H35ClN4O5S/c1-3-24(32)29-11-6-4-5-7-20-22(31)15-30(16-25(20,17-35-2)27-10-12-29)36(33,34)23-14-18-13-19(26)8-9-21(18)28-23/h8-9,13-14,20,27-28H,3-7,10-12,15-17H2,1-2H3. The van der Waals surface area contributed by atoms with E-state index in [1.807, 2.05) is 11.8 Å². The number of benzene rings is 1. The van der Waals surface area contributed by atoms with Crippen molar-refractivity contribution in [3.05, 3.63) is 29.3 Å². The monoisotopic (exact) mass is 538 g/mol. The average Bonchev–Trinajstić information content (AvgIpc) is 3.26. The van der Waals surface area contributed by atoms with Crippen LogP contribution in [0.15, 0.2) is 29.3 Å². The lowest BCUT2D eigenvalue weighted by atomic mass is 9.75. The first-order valence-corrected chi connectivity index (χ1v) is 14.3. The fraction of sp³-hybridized carbons (Fsp3) is 0.600. The molecule has 2 aliphatic heterocycles. The van der Waals surface area contributed by atoms with E-state index >= 15 is 0 Å². The number of carbonyl (C=O) groups excluding carboxylic acids is 2. The molecule has 0 spiro atoms. The molecule has 2 N–H and O–H groups in total. The van der Waals surface area contributed by atoms with E-state index in [1.165, 1.54) is 4.31 Å². The Balaban J connectivity index is 1.65. The summed E-state index contributed by atoms with van der Waals surface area (Å²) in [4.78, 5) is 30.7. The van der Waals surface area contributed by atoms with Crippen LogP contribution in [0.2, 0.25) is 5.02 Å². The van der Waals surface area contributed by atoms with E-state index in [4.69, 9.17) is 16.3 Å². The molecule has 3 heterocycles. The number of sulfonamides is 1. The van der Waals surface area contributed by atoms with Gasteiger partial charge in [-0.05, 0) is 37.1 Å². The van der Waals surface area contributed by atoms with Crippen molar-refractivity contribution in [3.8, 4) is 0 Å². The van der Waals surface area contributed by atoms with Gasteiger partial charge in [0.2, 0.25) is 5.91 Å². The van der Waals surface area contributed by atoms with Crippen LogP contribution >= 0.6 is 11.6 Å². The van der Waals surface area contributed by atoms with Crippen molar-refractivity contribution in [1.29, 1.82) is 0 Å². The lowest BCUT2D eigenvalue weighted by Gasteiger charge is -2.47. The summed E-state index contributed by atoms with van der Waals surface area (Å²) in [6, 6.07) is 6.68. The van der Waals surface area contributed by atoms with Gasteiger partial charge >= 0.3 is 0 Å². The number of Topliss-reactive ketones (excluding diaryl/α,β-unsaturated/α-hetero) is 1. The van der Waals surface area contributed by atoms with Crippen molar-refractivity contribution in [3.63, 3.8) is 0 Å². The maximum atomic E-state index is 13.7. The summed E-state index contributed by atoms with van der Waals surface area (Å²) < 4.78 is 34.2.